The third kappa shape index (κ3) is 1.05. The fourth-order valence-electron chi connectivity index (χ4n) is 2.07. The van der Waals surface area contributed by atoms with Gasteiger partial charge in [0.2, 0.25) is 5.78 Å². The van der Waals surface area contributed by atoms with E-state index in [1.165, 1.54) is 0 Å². The first kappa shape index (κ1) is 9.43. The third-order valence-electron chi connectivity index (χ3n) is 2.81. The fraction of sp³-hybridized carbons (Fsp3) is 0. The molecule has 2 aromatic carbocycles. The van der Waals surface area contributed by atoms with Gasteiger partial charge in [0.1, 0.15) is 10.8 Å². The number of hydrogen-bond donors (Lipinski definition) is 1. The molecule has 3 heteroatoms. The number of aliphatic hydroxyl groups is 1. The van der Waals surface area contributed by atoms with Crippen LogP contribution in [-0.2, 0) is 0 Å². The van der Waals surface area contributed by atoms with Crippen molar-refractivity contribution in [1.82, 2.24) is 0 Å². The Morgan fingerprint density at radius 2 is 1.62 bits per heavy atom. The van der Waals surface area contributed by atoms with Crippen LogP contribution in [-0.4, -0.2) is 10.9 Å². The Kier molecular flexibility index (Phi) is 1.82. The van der Waals surface area contributed by atoms with Crippen molar-refractivity contribution in [3.63, 3.8) is 0 Å². The zero-order valence-electron chi connectivity index (χ0n) is 8.20. The van der Waals surface area contributed by atoms with E-state index in [0.717, 1.165) is 10.8 Å². The molecule has 2 aromatic rings. The Hall–Kier alpha value is -1.80. The molecule has 0 aliphatic heterocycles. The highest BCUT2D eigenvalue weighted by molar-refractivity contribution is 6.50. The number of allylic oxidation sites excluding steroid dienone is 1. The molecule has 0 atom stereocenters. The lowest BCUT2D eigenvalue weighted by Crippen LogP contribution is -2.09. The van der Waals surface area contributed by atoms with E-state index in [4.69, 9.17) is 11.6 Å². The van der Waals surface area contributed by atoms with Crippen LogP contribution in [0.3, 0.4) is 0 Å². The molecule has 0 heterocycles. The lowest BCUT2D eigenvalue weighted by atomic mass is 9.91. The molecular formula is C13H7ClO2. The van der Waals surface area contributed by atoms with Crippen LogP contribution in [0.15, 0.2) is 41.4 Å². The zero-order chi connectivity index (χ0) is 11.3. The lowest BCUT2D eigenvalue weighted by molar-refractivity contribution is 0.104. The van der Waals surface area contributed by atoms with Crippen molar-refractivity contribution in [2.45, 2.75) is 0 Å². The summed E-state index contributed by atoms with van der Waals surface area (Å²) in [5, 5.41) is 11.4. The normalized spacial score (nSPS) is 14.7. The Balaban J connectivity index is 2.57. The van der Waals surface area contributed by atoms with Gasteiger partial charge in [-0.25, -0.2) is 0 Å². The maximum absolute atomic E-state index is 11.9. The van der Waals surface area contributed by atoms with E-state index in [0.29, 0.717) is 11.1 Å². The molecule has 3 rings (SSSR count). The maximum atomic E-state index is 11.9. The van der Waals surface area contributed by atoms with Gasteiger partial charge in [-0.05, 0) is 5.39 Å². The molecule has 1 aliphatic rings. The van der Waals surface area contributed by atoms with Gasteiger partial charge in [-0.3, -0.25) is 4.79 Å². The number of carbonyl (C=O) groups excluding carboxylic acids is 1. The highest BCUT2D eigenvalue weighted by atomic mass is 35.5. The number of halogens is 1. The quantitative estimate of drug-likeness (QED) is 0.752. The van der Waals surface area contributed by atoms with Crippen molar-refractivity contribution in [3.8, 4) is 0 Å². The molecule has 0 fully saturated rings. The molecule has 78 valence electrons. The molecule has 0 bridgehead atoms. The van der Waals surface area contributed by atoms with Crippen LogP contribution in [0.1, 0.15) is 15.9 Å². The minimum absolute atomic E-state index is 0.105. The number of carbonyl (C=O) groups is 1. The summed E-state index contributed by atoms with van der Waals surface area (Å²) in [6.07, 6.45) is 0. The van der Waals surface area contributed by atoms with Crippen LogP contribution in [0.25, 0.3) is 16.5 Å². The van der Waals surface area contributed by atoms with E-state index in [9.17, 15) is 9.90 Å². The Morgan fingerprint density at radius 3 is 2.31 bits per heavy atom. The summed E-state index contributed by atoms with van der Waals surface area (Å²) in [4.78, 5) is 11.9. The van der Waals surface area contributed by atoms with Gasteiger partial charge in [0, 0.05) is 16.5 Å². The summed E-state index contributed by atoms with van der Waals surface area (Å²) in [6.45, 7) is 0. The summed E-state index contributed by atoms with van der Waals surface area (Å²) < 4.78 is 0. The van der Waals surface area contributed by atoms with Crippen molar-refractivity contribution in [1.29, 1.82) is 0 Å². The van der Waals surface area contributed by atoms with Gasteiger partial charge in [0.05, 0.1) is 0 Å². The fourth-order valence-corrected chi connectivity index (χ4v) is 2.28. The second kappa shape index (κ2) is 3.09. The van der Waals surface area contributed by atoms with Crippen molar-refractivity contribution in [2.75, 3.05) is 0 Å². The van der Waals surface area contributed by atoms with Crippen molar-refractivity contribution in [2.24, 2.45) is 0 Å². The van der Waals surface area contributed by atoms with E-state index in [1.54, 1.807) is 12.1 Å². The predicted octanol–water partition coefficient (Wildman–Crippen LogP) is 3.50. The van der Waals surface area contributed by atoms with Gasteiger partial charge >= 0.3 is 0 Å². The van der Waals surface area contributed by atoms with Crippen LogP contribution in [0.5, 0.6) is 0 Å². The van der Waals surface area contributed by atoms with Crippen LogP contribution < -0.4 is 0 Å². The standard InChI is InChI=1S/C13H7ClO2/c14-11-12(15)8-5-1-3-7-4-2-6-9(10(7)8)13(11)16/h1-6,15H. The summed E-state index contributed by atoms with van der Waals surface area (Å²) in [5.41, 5.74) is 1.17. The Bertz CT molecular complexity index is 651. The first-order valence-electron chi connectivity index (χ1n) is 4.85. The van der Waals surface area contributed by atoms with Crippen molar-refractivity contribution in [3.05, 3.63) is 52.6 Å². The average molecular weight is 231 g/mol. The summed E-state index contributed by atoms with van der Waals surface area (Å²) in [6, 6.07) is 10.9. The molecule has 0 radical (unpaired) electrons. The molecule has 0 unspecified atom stereocenters. The number of ketones is 1. The van der Waals surface area contributed by atoms with Gasteiger partial charge in [-0.15, -0.1) is 0 Å². The number of Topliss-reactive ketones (excluding diaryl/α,β-unsaturated/α-hetero) is 1. The minimum Gasteiger partial charge on any atom is -0.506 e. The second-order valence-corrected chi connectivity index (χ2v) is 4.08. The summed E-state index contributed by atoms with van der Waals surface area (Å²) >= 11 is 5.81. The first-order chi connectivity index (χ1) is 7.70. The SMILES string of the molecule is O=C1C(Cl)=C(O)c2cccc3cccc1c23. The smallest absolute Gasteiger partial charge is 0.208 e. The monoisotopic (exact) mass is 230 g/mol. The van der Waals surface area contributed by atoms with Crippen LogP contribution in [0, 0.1) is 0 Å². The molecule has 0 aromatic heterocycles. The molecule has 0 amide bonds. The minimum atomic E-state index is -0.316. The van der Waals surface area contributed by atoms with E-state index in [1.807, 2.05) is 24.3 Å². The zero-order valence-corrected chi connectivity index (χ0v) is 8.95. The van der Waals surface area contributed by atoms with Gasteiger partial charge in [0.15, 0.2) is 0 Å². The molecule has 0 saturated carbocycles. The molecule has 2 nitrogen and oxygen atoms in total. The Labute approximate surface area is 96.8 Å². The topological polar surface area (TPSA) is 37.3 Å². The number of benzene rings is 2. The van der Waals surface area contributed by atoms with Crippen LogP contribution in [0.4, 0.5) is 0 Å². The van der Waals surface area contributed by atoms with Gasteiger partial charge in [0.25, 0.3) is 0 Å². The molecule has 16 heavy (non-hydrogen) atoms. The highest BCUT2D eigenvalue weighted by Gasteiger charge is 2.25. The van der Waals surface area contributed by atoms with Crippen LogP contribution in [0.2, 0.25) is 0 Å². The van der Waals surface area contributed by atoms with E-state index in [2.05, 4.69) is 0 Å². The van der Waals surface area contributed by atoms with Gasteiger partial charge in [-0.1, -0.05) is 48.0 Å². The molecule has 0 saturated heterocycles. The molecular weight excluding hydrogens is 224 g/mol. The molecule has 1 N–H and O–H groups in total. The summed E-state index contributed by atoms with van der Waals surface area (Å²) in [5.74, 6) is -0.445. The lowest BCUT2D eigenvalue weighted by Gasteiger charge is -2.16. The molecule has 0 spiro atoms. The summed E-state index contributed by atoms with van der Waals surface area (Å²) in [7, 11) is 0. The van der Waals surface area contributed by atoms with Crippen molar-refractivity contribution >= 4 is 33.9 Å². The first-order valence-corrected chi connectivity index (χ1v) is 5.23. The van der Waals surface area contributed by atoms with Crippen molar-refractivity contribution < 1.29 is 9.90 Å². The van der Waals surface area contributed by atoms with Crippen LogP contribution >= 0.6 is 11.6 Å². The number of aliphatic hydroxyl groups excluding tert-OH is 1. The molecule has 1 aliphatic carbocycles. The largest absolute Gasteiger partial charge is 0.506 e. The maximum Gasteiger partial charge on any atom is 0.208 e. The average Bonchev–Trinajstić information content (AvgIpc) is 2.33. The van der Waals surface area contributed by atoms with E-state index in [-0.39, 0.29) is 16.6 Å². The highest BCUT2D eigenvalue weighted by Crippen LogP contribution is 2.36. The van der Waals surface area contributed by atoms with Gasteiger partial charge < -0.3 is 5.11 Å². The Morgan fingerprint density at radius 1 is 1.00 bits per heavy atom. The van der Waals surface area contributed by atoms with E-state index >= 15 is 0 Å². The van der Waals surface area contributed by atoms with Gasteiger partial charge in [-0.2, -0.15) is 0 Å². The number of rotatable bonds is 0. The number of hydrogen-bond acceptors (Lipinski definition) is 2. The second-order valence-electron chi connectivity index (χ2n) is 3.70. The third-order valence-corrected chi connectivity index (χ3v) is 3.16. The van der Waals surface area contributed by atoms with E-state index < -0.39 is 0 Å². The predicted molar refractivity (Wildman–Crippen MR) is 63.7 cm³/mol.